The molecule has 0 saturated heterocycles. The Kier molecular flexibility index (Phi) is 7.74. The molecule has 1 atom stereocenters. The highest BCUT2D eigenvalue weighted by Crippen LogP contribution is 2.22. The largest absolute Gasteiger partial charge is 0.389 e. The Morgan fingerprint density at radius 1 is 1.37 bits per heavy atom. The molecular weight excluding hydrogens is 273 g/mol. The second-order valence-electron chi connectivity index (χ2n) is 3.93. The van der Waals surface area contributed by atoms with Crippen molar-refractivity contribution in [2.24, 2.45) is 0 Å². The third kappa shape index (κ3) is 6.73. The highest BCUT2D eigenvalue weighted by Gasteiger charge is 2.07. The number of rotatable bonds is 9. The van der Waals surface area contributed by atoms with Gasteiger partial charge in [0.05, 0.1) is 36.6 Å². The zero-order valence-electron chi connectivity index (χ0n) is 10.9. The fraction of sp³-hybridized carbons (Fsp3) is 0.538. The summed E-state index contributed by atoms with van der Waals surface area (Å²) in [5.74, 6) is -0.380. The van der Waals surface area contributed by atoms with E-state index in [-0.39, 0.29) is 19.0 Å². The number of nitrogens with one attached hydrogen (secondary N) is 1. The van der Waals surface area contributed by atoms with Crippen LogP contribution in [0.2, 0.25) is 5.02 Å². The van der Waals surface area contributed by atoms with E-state index >= 15 is 0 Å². The van der Waals surface area contributed by atoms with Crippen LogP contribution in [0.4, 0.5) is 10.1 Å². The molecule has 0 aliphatic heterocycles. The number of benzene rings is 1. The summed E-state index contributed by atoms with van der Waals surface area (Å²) in [6.45, 7) is 3.91. The fourth-order valence-corrected chi connectivity index (χ4v) is 1.59. The van der Waals surface area contributed by atoms with Gasteiger partial charge < -0.3 is 19.9 Å². The number of halogens is 2. The molecule has 0 aliphatic carbocycles. The van der Waals surface area contributed by atoms with Crippen LogP contribution >= 0.6 is 11.6 Å². The molecule has 0 amide bonds. The maximum atomic E-state index is 13.0. The van der Waals surface area contributed by atoms with Crippen molar-refractivity contribution in [1.82, 2.24) is 0 Å². The summed E-state index contributed by atoms with van der Waals surface area (Å²) in [7, 11) is 0. The van der Waals surface area contributed by atoms with Gasteiger partial charge in [-0.2, -0.15) is 0 Å². The van der Waals surface area contributed by atoms with E-state index in [0.717, 1.165) is 0 Å². The van der Waals surface area contributed by atoms with Crippen LogP contribution < -0.4 is 5.32 Å². The highest BCUT2D eigenvalue weighted by molar-refractivity contribution is 6.33. The van der Waals surface area contributed by atoms with E-state index < -0.39 is 6.10 Å². The van der Waals surface area contributed by atoms with Gasteiger partial charge in [0.1, 0.15) is 5.82 Å². The van der Waals surface area contributed by atoms with Crippen LogP contribution in [-0.2, 0) is 9.47 Å². The van der Waals surface area contributed by atoms with Crippen molar-refractivity contribution < 1.29 is 19.0 Å². The third-order valence-corrected chi connectivity index (χ3v) is 2.67. The van der Waals surface area contributed by atoms with E-state index in [1.807, 2.05) is 6.92 Å². The van der Waals surface area contributed by atoms with Gasteiger partial charge in [-0.1, -0.05) is 11.6 Å². The lowest BCUT2D eigenvalue weighted by Gasteiger charge is -2.14. The topological polar surface area (TPSA) is 50.7 Å². The number of hydrogen-bond acceptors (Lipinski definition) is 4. The Bertz CT molecular complexity index is 379. The lowest BCUT2D eigenvalue weighted by atomic mass is 10.3. The quantitative estimate of drug-likeness (QED) is 0.686. The summed E-state index contributed by atoms with van der Waals surface area (Å²) in [5, 5.41) is 12.9. The molecule has 0 aromatic heterocycles. The second kappa shape index (κ2) is 9.09. The summed E-state index contributed by atoms with van der Waals surface area (Å²) < 4.78 is 23.3. The van der Waals surface area contributed by atoms with E-state index in [9.17, 15) is 9.50 Å². The number of anilines is 1. The smallest absolute Gasteiger partial charge is 0.125 e. The molecule has 0 aliphatic rings. The minimum Gasteiger partial charge on any atom is -0.389 e. The van der Waals surface area contributed by atoms with Gasteiger partial charge in [0.2, 0.25) is 0 Å². The number of aliphatic hydroxyl groups excluding tert-OH is 1. The van der Waals surface area contributed by atoms with Crippen molar-refractivity contribution in [1.29, 1.82) is 0 Å². The van der Waals surface area contributed by atoms with Crippen molar-refractivity contribution in [2.75, 3.05) is 38.3 Å². The molecule has 0 fully saturated rings. The van der Waals surface area contributed by atoms with Gasteiger partial charge in [0, 0.05) is 13.2 Å². The molecule has 6 heteroatoms. The van der Waals surface area contributed by atoms with Crippen molar-refractivity contribution in [3.63, 3.8) is 0 Å². The summed E-state index contributed by atoms with van der Waals surface area (Å²) in [5.41, 5.74) is 0.454. The third-order valence-electron chi connectivity index (χ3n) is 2.34. The van der Waals surface area contributed by atoms with Gasteiger partial charge >= 0.3 is 0 Å². The molecule has 1 aromatic carbocycles. The molecule has 1 rings (SSSR count). The zero-order valence-corrected chi connectivity index (χ0v) is 11.6. The summed E-state index contributed by atoms with van der Waals surface area (Å²) in [6.07, 6.45) is -0.694. The maximum absolute atomic E-state index is 13.0. The van der Waals surface area contributed by atoms with Crippen LogP contribution in [-0.4, -0.2) is 44.2 Å². The van der Waals surface area contributed by atoms with E-state index in [2.05, 4.69) is 5.32 Å². The van der Waals surface area contributed by atoms with Gasteiger partial charge in [-0.25, -0.2) is 4.39 Å². The SMILES string of the molecule is CCOCCOCC(O)CNc1cc(F)ccc1Cl. The first-order chi connectivity index (χ1) is 9.13. The van der Waals surface area contributed by atoms with Crippen LogP contribution in [0, 0.1) is 5.82 Å². The van der Waals surface area contributed by atoms with Crippen molar-refractivity contribution in [2.45, 2.75) is 13.0 Å². The molecule has 0 radical (unpaired) electrons. The minimum absolute atomic E-state index is 0.188. The Morgan fingerprint density at radius 3 is 2.84 bits per heavy atom. The van der Waals surface area contributed by atoms with Crippen LogP contribution in [0.3, 0.4) is 0 Å². The average molecular weight is 292 g/mol. The van der Waals surface area contributed by atoms with E-state index in [4.69, 9.17) is 21.1 Å². The number of ether oxygens (including phenoxy) is 2. The Balaban J connectivity index is 2.22. The first-order valence-electron chi connectivity index (χ1n) is 6.16. The highest BCUT2D eigenvalue weighted by atomic mass is 35.5. The van der Waals surface area contributed by atoms with Crippen LogP contribution in [0.15, 0.2) is 18.2 Å². The van der Waals surface area contributed by atoms with Crippen molar-refractivity contribution in [3.8, 4) is 0 Å². The average Bonchev–Trinajstić information content (AvgIpc) is 2.39. The lowest BCUT2D eigenvalue weighted by molar-refractivity contribution is 0.0103. The maximum Gasteiger partial charge on any atom is 0.125 e. The molecule has 4 nitrogen and oxygen atoms in total. The van der Waals surface area contributed by atoms with E-state index in [0.29, 0.717) is 30.5 Å². The van der Waals surface area contributed by atoms with Crippen LogP contribution in [0.1, 0.15) is 6.92 Å². The summed E-state index contributed by atoms with van der Waals surface area (Å²) in [6, 6.07) is 4.02. The normalized spacial score (nSPS) is 12.4. The Labute approximate surface area is 117 Å². The van der Waals surface area contributed by atoms with Gasteiger partial charge in [-0.05, 0) is 25.1 Å². The first-order valence-corrected chi connectivity index (χ1v) is 6.53. The van der Waals surface area contributed by atoms with Crippen LogP contribution in [0.25, 0.3) is 0 Å². The lowest BCUT2D eigenvalue weighted by Crippen LogP contribution is -2.25. The second-order valence-corrected chi connectivity index (χ2v) is 4.34. The van der Waals surface area contributed by atoms with Gasteiger partial charge in [0.15, 0.2) is 0 Å². The predicted molar refractivity (Wildman–Crippen MR) is 73.2 cm³/mol. The standard InChI is InChI=1S/C13H19ClFNO3/c1-2-18-5-6-19-9-11(17)8-16-13-7-10(15)3-4-12(13)14/h3-4,7,11,16-17H,2,5-6,8-9H2,1H3. The first kappa shape index (κ1) is 16.2. The molecule has 0 saturated carbocycles. The molecule has 108 valence electrons. The van der Waals surface area contributed by atoms with Crippen molar-refractivity contribution >= 4 is 17.3 Å². The molecule has 1 unspecified atom stereocenters. The predicted octanol–water partition coefficient (Wildman–Crippen LogP) is 2.30. The van der Waals surface area contributed by atoms with Crippen molar-refractivity contribution in [3.05, 3.63) is 29.0 Å². The summed E-state index contributed by atoms with van der Waals surface area (Å²) in [4.78, 5) is 0. The molecule has 1 aromatic rings. The molecule has 0 bridgehead atoms. The molecule has 0 spiro atoms. The number of hydrogen-bond donors (Lipinski definition) is 2. The zero-order chi connectivity index (χ0) is 14.1. The Morgan fingerprint density at radius 2 is 2.11 bits per heavy atom. The fourth-order valence-electron chi connectivity index (χ4n) is 1.40. The van der Waals surface area contributed by atoms with Crippen LogP contribution in [0.5, 0.6) is 0 Å². The van der Waals surface area contributed by atoms with Gasteiger partial charge in [-0.15, -0.1) is 0 Å². The van der Waals surface area contributed by atoms with Gasteiger partial charge in [-0.3, -0.25) is 0 Å². The summed E-state index contributed by atoms with van der Waals surface area (Å²) >= 11 is 5.88. The number of aliphatic hydroxyl groups is 1. The molecule has 0 heterocycles. The van der Waals surface area contributed by atoms with E-state index in [1.54, 1.807) is 0 Å². The van der Waals surface area contributed by atoms with E-state index in [1.165, 1.54) is 18.2 Å². The minimum atomic E-state index is -0.694. The monoisotopic (exact) mass is 291 g/mol. The van der Waals surface area contributed by atoms with Gasteiger partial charge in [0.25, 0.3) is 0 Å². The Hall–Kier alpha value is -0.880. The molecule has 19 heavy (non-hydrogen) atoms. The molecule has 2 N–H and O–H groups in total. The molecular formula is C13H19ClFNO3.